The molecule has 8 heteroatoms. The van der Waals surface area contributed by atoms with E-state index in [1.165, 1.54) is 25.4 Å². The summed E-state index contributed by atoms with van der Waals surface area (Å²) in [5, 5.41) is 13.0. The van der Waals surface area contributed by atoms with Gasteiger partial charge in [-0.05, 0) is 30.7 Å². The lowest BCUT2D eigenvalue weighted by Gasteiger charge is -2.28. The van der Waals surface area contributed by atoms with Crippen LogP contribution in [0.25, 0.3) is 5.76 Å². The van der Waals surface area contributed by atoms with Crippen molar-refractivity contribution >= 4 is 27.5 Å². The van der Waals surface area contributed by atoms with Gasteiger partial charge in [-0.15, -0.1) is 0 Å². The van der Waals surface area contributed by atoms with Crippen molar-refractivity contribution in [3.05, 3.63) is 59.4 Å². The number of anilines is 1. The molecular weight excluding hydrogens is 330 g/mol. The molecule has 1 aliphatic heterocycles. The first-order valence-electron chi connectivity index (χ1n) is 7.08. The second-order valence-electron chi connectivity index (χ2n) is 5.29. The molecule has 0 radical (unpaired) electrons. The van der Waals surface area contributed by atoms with Gasteiger partial charge in [0.15, 0.2) is 11.5 Å². The van der Waals surface area contributed by atoms with Gasteiger partial charge in [0, 0.05) is 18.8 Å². The molecule has 3 rings (SSSR count). The third-order valence-electron chi connectivity index (χ3n) is 3.78. The van der Waals surface area contributed by atoms with E-state index in [0.717, 1.165) is 4.31 Å². The molecule has 7 nitrogen and oxygen atoms in total. The van der Waals surface area contributed by atoms with Gasteiger partial charge in [-0.25, -0.2) is 13.4 Å². The fourth-order valence-corrected chi connectivity index (χ4v) is 3.86. The zero-order chi connectivity index (χ0) is 17.5. The van der Waals surface area contributed by atoms with Gasteiger partial charge in [-0.1, -0.05) is 18.2 Å². The number of aromatic nitrogens is 1. The third kappa shape index (κ3) is 2.41. The van der Waals surface area contributed by atoms with Crippen molar-refractivity contribution in [2.45, 2.75) is 11.8 Å². The molecule has 0 spiro atoms. The molecule has 0 saturated carbocycles. The van der Waals surface area contributed by atoms with E-state index in [-0.39, 0.29) is 16.2 Å². The van der Waals surface area contributed by atoms with E-state index >= 15 is 0 Å². The normalized spacial score (nSPS) is 15.8. The van der Waals surface area contributed by atoms with Crippen LogP contribution >= 0.6 is 0 Å². The number of benzene rings is 1. The number of nitrogens with one attached hydrogen (secondary N) is 1. The van der Waals surface area contributed by atoms with Crippen LogP contribution in [-0.4, -0.2) is 35.8 Å². The predicted octanol–water partition coefficient (Wildman–Crippen LogP) is 1.89. The van der Waals surface area contributed by atoms with Gasteiger partial charge >= 0.3 is 0 Å². The van der Waals surface area contributed by atoms with E-state index in [2.05, 4.69) is 10.3 Å². The van der Waals surface area contributed by atoms with Crippen LogP contribution < -0.4 is 5.32 Å². The minimum atomic E-state index is -3.92. The summed E-state index contributed by atoms with van der Waals surface area (Å²) in [5.74, 6) is -0.851. The number of carbonyl (C=O) groups excluding carboxylic acids is 1. The van der Waals surface area contributed by atoms with Gasteiger partial charge in [0.2, 0.25) is 0 Å². The van der Waals surface area contributed by atoms with Gasteiger partial charge < -0.3 is 10.4 Å². The smallest absolute Gasteiger partial charge is 0.277 e. The molecule has 0 fully saturated rings. The maximum atomic E-state index is 12.6. The molecule has 2 N–H and O–H groups in total. The molecule has 0 unspecified atom stereocenters. The molecule has 0 bridgehead atoms. The van der Waals surface area contributed by atoms with Crippen molar-refractivity contribution in [1.82, 2.24) is 9.29 Å². The quantitative estimate of drug-likeness (QED) is 0.866. The van der Waals surface area contributed by atoms with Crippen LogP contribution in [0.5, 0.6) is 0 Å². The zero-order valence-electron chi connectivity index (χ0n) is 13.0. The molecule has 124 valence electrons. The molecule has 1 aliphatic rings. The Morgan fingerprint density at radius 2 is 1.92 bits per heavy atom. The topological polar surface area (TPSA) is 99.6 Å². The largest absolute Gasteiger partial charge is 0.505 e. The number of hydrogen-bond donors (Lipinski definition) is 2. The third-order valence-corrected chi connectivity index (χ3v) is 5.59. The Morgan fingerprint density at radius 1 is 1.21 bits per heavy atom. The van der Waals surface area contributed by atoms with E-state index in [1.54, 1.807) is 31.2 Å². The lowest BCUT2D eigenvalue weighted by atomic mass is 10.1. The van der Waals surface area contributed by atoms with Crippen LogP contribution in [0, 0.1) is 6.92 Å². The minimum Gasteiger partial charge on any atom is -0.505 e. The molecule has 0 aliphatic carbocycles. The summed E-state index contributed by atoms with van der Waals surface area (Å²) < 4.78 is 25.9. The van der Waals surface area contributed by atoms with E-state index in [0.29, 0.717) is 11.4 Å². The van der Waals surface area contributed by atoms with Crippen LogP contribution in [-0.2, 0) is 14.8 Å². The van der Waals surface area contributed by atoms with Crippen molar-refractivity contribution in [3.8, 4) is 0 Å². The summed E-state index contributed by atoms with van der Waals surface area (Å²) in [5.41, 5.74) is 0.463. The number of fused-ring (bicyclic) bond motifs is 1. The lowest BCUT2D eigenvalue weighted by molar-refractivity contribution is -0.113. The van der Waals surface area contributed by atoms with Crippen molar-refractivity contribution in [1.29, 1.82) is 0 Å². The summed E-state index contributed by atoms with van der Waals surface area (Å²) in [6, 6.07) is 9.46. The van der Waals surface area contributed by atoms with Crippen LogP contribution in [0.15, 0.2) is 53.2 Å². The van der Waals surface area contributed by atoms with Crippen LogP contribution in [0.4, 0.5) is 5.82 Å². The molecule has 1 aromatic heterocycles. The molecule has 2 heterocycles. The molecule has 0 atom stereocenters. The Labute approximate surface area is 139 Å². The highest BCUT2D eigenvalue weighted by Crippen LogP contribution is 2.34. The van der Waals surface area contributed by atoms with Gasteiger partial charge in [0.1, 0.15) is 5.82 Å². The summed E-state index contributed by atoms with van der Waals surface area (Å²) >= 11 is 0. The number of hydrogen-bond acceptors (Lipinski definition) is 5. The maximum absolute atomic E-state index is 12.6. The van der Waals surface area contributed by atoms with Gasteiger partial charge in [-0.2, -0.15) is 0 Å². The molecular formula is C16H15N3O4S. The highest BCUT2D eigenvalue weighted by atomic mass is 32.2. The maximum Gasteiger partial charge on any atom is 0.277 e. The van der Waals surface area contributed by atoms with Gasteiger partial charge in [-0.3, -0.25) is 9.10 Å². The average molecular weight is 345 g/mol. The molecule has 1 amide bonds. The highest BCUT2D eigenvalue weighted by molar-refractivity contribution is 7.89. The van der Waals surface area contributed by atoms with E-state index in [4.69, 9.17) is 0 Å². The lowest BCUT2D eigenvalue weighted by Crippen LogP contribution is -2.37. The summed E-state index contributed by atoms with van der Waals surface area (Å²) in [7, 11) is -2.69. The number of nitrogens with zero attached hydrogens (tertiary/aromatic N) is 2. The van der Waals surface area contributed by atoms with Crippen LogP contribution in [0.1, 0.15) is 11.1 Å². The molecule has 0 saturated heterocycles. The standard InChI is InChI=1S/C16H15N3O4S/c1-10-6-5-9-17-15(10)18-16(21)13-14(20)11-7-3-4-8-12(11)24(22,23)19(13)2/h3-9,20H,1-2H3,(H,17,18,21). The Morgan fingerprint density at radius 3 is 2.62 bits per heavy atom. The fraction of sp³-hybridized carbons (Fsp3) is 0.125. The fourth-order valence-electron chi connectivity index (χ4n) is 2.47. The Bertz CT molecular complexity index is 967. The Hall–Kier alpha value is -2.87. The number of aliphatic hydroxyl groups is 1. The van der Waals surface area contributed by atoms with Crippen LogP contribution in [0.2, 0.25) is 0 Å². The van der Waals surface area contributed by atoms with Crippen molar-refractivity contribution in [2.24, 2.45) is 0 Å². The zero-order valence-corrected chi connectivity index (χ0v) is 13.8. The number of pyridine rings is 1. The van der Waals surface area contributed by atoms with Crippen molar-refractivity contribution in [2.75, 3.05) is 12.4 Å². The number of aryl methyl sites for hydroxylation is 1. The SMILES string of the molecule is Cc1cccnc1NC(=O)C1=C(O)c2ccccc2S(=O)(=O)N1C. The number of carbonyl (C=O) groups is 1. The molecule has 24 heavy (non-hydrogen) atoms. The van der Waals surface area contributed by atoms with E-state index < -0.39 is 21.7 Å². The number of amides is 1. The average Bonchev–Trinajstić information content (AvgIpc) is 2.56. The van der Waals surface area contributed by atoms with E-state index in [1.807, 2.05) is 0 Å². The number of aliphatic hydroxyl groups excluding tert-OH is 1. The Kier molecular flexibility index (Phi) is 3.76. The minimum absolute atomic E-state index is 0.0458. The summed E-state index contributed by atoms with van der Waals surface area (Å²) in [4.78, 5) is 16.6. The predicted molar refractivity (Wildman–Crippen MR) is 88.5 cm³/mol. The first kappa shape index (κ1) is 16.0. The number of likely N-dealkylation sites (N-methyl/N-ethyl adjacent to an activating group) is 1. The van der Waals surface area contributed by atoms with Crippen molar-refractivity contribution in [3.63, 3.8) is 0 Å². The monoisotopic (exact) mass is 345 g/mol. The summed E-state index contributed by atoms with van der Waals surface area (Å²) in [6.45, 7) is 1.76. The first-order chi connectivity index (χ1) is 11.3. The molecule has 1 aromatic carbocycles. The number of sulfonamides is 1. The van der Waals surface area contributed by atoms with Gasteiger partial charge in [0.25, 0.3) is 15.9 Å². The van der Waals surface area contributed by atoms with Crippen molar-refractivity contribution < 1.29 is 18.3 Å². The number of rotatable bonds is 2. The van der Waals surface area contributed by atoms with Gasteiger partial charge in [0.05, 0.1) is 4.90 Å². The second kappa shape index (κ2) is 5.64. The van der Waals surface area contributed by atoms with Crippen LogP contribution in [0.3, 0.4) is 0 Å². The van der Waals surface area contributed by atoms with E-state index in [9.17, 15) is 18.3 Å². The highest BCUT2D eigenvalue weighted by Gasteiger charge is 2.37. The Balaban J connectivity index is 2.10. The second-order valence-corrected chi connectivity index (χ2v) is 7.23. The first-order valence-corrected chi connectivity index (χ1v) is 8.52. The summed E-state index contributed by atoms with van der Waals surface area (Å²) in [6.07, 6.45) is 1.51. The molecule has 2 aromatic rings.